The monoisotopic (exact) mass is 478 g/mol. The number of nitrogens with zero attached hydrogens (tertiary/aromatic N) is 1. The van der Waals surface area contributed by atoms with E-state index in [4.69, 9.17) is 9.15 Å². The van der Waals surface area contributed by atoms with Crippen molar-refractivity contribution in [2.75, 3.05) is 11.9 Å². The zero-order valence-corrected chi connectivity index (χ0v) is 18.5. The van der Waals surface area contributed by atoms with Gasteiger partial charge in [0.2, 0.25) is 5.89 Å². The fourth-order valence-electron chi connectivity index (χ4n) is 3.14. The number of nitrogens with one attached hydrogen (secondary N) is 1. The predicted octanol–water partition coefficient (Wildman–Crippen LogP) is 5.79. The van der Waals surface area contributed by atoms with Gasteiger partial charge >= 0.3 is 0 Å². The van der Waals surface area contributed by atoms with Gasteiger partial charge in [-0.3, -0.25) is 9.59 Å². The van der Waals surface area contributed by atoms with Gasteiger partial charge in [0.1, 0.15) is 11.3 Å². The Balaban J connectivity index is 1.47. The van der Waals surface area contributed by atoms with E-state index in [1.54, 1.807) is 36.4 Å². The molecule has 0 atom stereocenters. The first-order valence-electron chi connectivity index (χ1n) is 9.60. The van der Waals surface area contributed by atoms with Crippen LogP contribution in [0.25, 0.3) is 22.6 Å². The summed E-state index contributed by atoms with van der Waals surface area (Å²) in [6, 6.07) is 18.2. The molecule has 4 aromatic rings. The third kappa shape index (κ3) is 4.67. The first-order valence-corrected chi connectivity index (χ1v) is 10.4. The third-order valence-corrected chi connectivity index (χ3v) is 5.16. The number of amides is 1. The maximum absolute atomic E-state index is 12.2. The number of halogens is 1. The number of carbonyl (C=O) groups is 2. The maximum atomic E-state index is 12.2. The minimum Gasteiger partial charge on any atom is -0.483 e. The van der Waals surface area contributed by atoms with Crippen molar-refractivity contribution < 1.29 is 18.7 Å². The summed E-state index contributed by atoms with van der Waals surface area (Å²) in [5.74, 6) is 0.727. The molecule has 0 aliphatic rings. The van der Waals surface area contributed by atoms with Crippen LogP contribution in [0.2, 0.25) is 0 Å². The van der Waals surface area contributed by atoms with Crippen molar-refractivity contribution in [2.24, 2.45) is 0 Å². The fraction of sp³-hybridized carbons (Fsp3) is 0.125. The largest absolute Gasteiger partial charge is 0.483 e. The standard InChI is InChI=1S/C24H19BrN2O4/c1-14-5-3-4-6-21(14)30-13-22(29)26-18-9-7-16(8-10-18)24-27-20-12-17(25)11-19(15(2)28)23(20)31-24/h3-12H,13H2,1-2H3,(H,26,29). The van der Waals surface area contributed by atoms with E-state index in [0.717, 1.165) is 15.6 Å². The van der Waals surface area contributed by atoms with Crippen molar-refractivity contribution in [3.63, 3.8) is 0 Å². The molecule has 0 aliphatic heterocycles. The summed E-state index contributed by atoms with van der Waals surface area (Å²) in [4.78, 5) is 28.6. The number of carbonyl (C=O) groups excluding carboxylic acids is 2. The van der Waals surface area contributed by atoms with E-state index >= 15 is 0 Å². The Hall–Kier alpha value is -3.45. The molecule has 0 bridgehead atoms. The molecule has 0 unspecified atom stereocenters. The number of anilines is 1. The highest BCUT2D eigenvalue weighted by Gasteiger charge is 2.16. The second-order valence-electron chi connectivity index (χ2n) is 7.06. The first kappa shape index (κ1) is 20.8. The molecule has 0 radical (unpaired) electrons. The molecule has 0 saturated carbocycles. The summed E-state index contributed by atoms with van der Waals surface area (Å²) >= 11 is 3.40. The lowest BCUT2D eigenvalue weighted by Gasteiger charge is -2.09. The van der Waals surface area contributed by atoms with E-state index < -0.39 is 0 Å². The van der Waals surface area contributed by atoms with Crippen LogP contribution in [0.3, 0.4) is 0 Å². The zero-order chi connectivity index (χ0) is 22.0. The van der Waals surface area contributed by atoms with Crippen LogP contribution in [0.1, 0.15) is 22.8 Å². The van der Waals surface area contributed by atoms with Crippen LogP contribution in [0.4, 0.5) is 5.69 Å². The number of oxazole rings is 1. The van der Waals surface area contributed by atoms with Gasteiger partial charge < -0.3 is 14.5 Å². The minimum absolute atomic E-state index is 0.0829. The molecule has 1 N–H and O–H groups in total. The second-order valence-corrected chi connectivity index (χ2v) is 7.97. The summed E-state index contributed by atoms with van der Waals surface area (Å²) in [6.45, 7) is 3.33. The molecule has 156 valence electrons. The summed E-state index contributed by atoms with van der Waals surface area (Å²) in [5, 5.41) is 2.80. The van der Waals surface area contributed by atoms with Gasteiger partial charge in [0.15, 0.2) is 18.0 Å². The van der Waals surface area contributed by atoms with Crippen molar-refractivity contribution in [3.8, 4) is 17.2 Å². The van der Waals surface area contributed by atoms with Crippen LogP contribution >= 0.6 is 15.9 Å². The molecular formula is C24H19BrN2O4. The highest BCUT2D eigenvalue weighted by atomic mass is 79.9. The molecule has 0 saturated heterocycles. The lowest BCUT2D eigenvalue weighted by molar-refractivity contribution is -0.118. The van der Waals surface area contributed by atoms with Gasteiger partial charge in [-0.1, -0.05) is 34.1 Å². The van der Waals surface area contributed by atoms with Crippen LogP contribution in [0.5, 0.6) is 5.75 Å². The Bertz CT molecular complexity index is 1280. The number of benzene rings is 3. The lowest BCUT2D eigenvalue weighted by atomic mass is 10.1. The molecule has 0 aliphatic carbocycles. The number of Topliss-reactive ketones (excluding diaryl/α,β-unsaturated/α-hetero) is 1. The van der Waals surface area contributed by atoms with E-state index in [9.17, 15) is 9.59 Å². The number of ketones is 1. The Labute approximate surface area is 187 Å². The average molecular weight is 479 g/mol. The van der Waals surface area contributed by atoms with Gasteiger partial charge in [-0.2, -0.15) is 0 Å². The number of hydrogen-bond donors (Lipinski definition) is 1. The van der Waals surface area contributed by atoms with Crippen molar-refractivity contribution in [2.45, 2.75) is 13.8 Å². The topological polar surface area (TPSA) is 81.4 Å². The van der Waals surface area contributed by atoms with Crippen LogP contribution in [0, 0.1) is 6.92 Å². The Morgan fingerprint density at radius 3 is 2.55 bits per heavy atom. The molecule has 1 aromatic heterocycles. The molecule has 4 rings (SSSR count). The second kappa shape index (κ2) is 8.73. The Kier molecular flexibility index (Phi) is 5.86. The van der Waals surface area contributed by atoms with E-state index in [-0.39, 0.29) is 18.3 Å². The van der Waals surface area contributed by atoms with Gasteiger partial charge in [0.05, 0.1) is 5.56 Å². The van der Waals surface area contributed by atoms with E-state index in [1.807, 2.05) is 31.2 Å². The summed E-state index contributed by atoms with van der Waals surface area (Å²) < 4.78 is 12.2. The number of rotatable bonds is 6. The fourth-order valence-corrected chi connectivity index (χ4v) is 3.58. The molecule has 0 fully saturated rings. The quantitative estimate of drug-likeness (QED) is 0.355. The Morgan fingerprint density at radius 1 is 1.10 bits per heavy atom. The van der Waals surface area contributed by atoms with E-state index in [1.165, 1.54) is 6.92 Å². The first-order chi connectivity index (χ1) is 14.9. The summed E-state index contributed by atoms with van der Waals surface area (Å²) in [6.07, 6.45) is 0. The Morgan fingerprint density at radius 2 is 1.84 bits per heavy atom. The highest BCUT2D eigenvalue weighted by molar-refractivity contribution is 9.10. The van der Waals surface area contributed by atoms with E-state index in [2.05, 4.69) is 26.2 Å². The SMILES string of the molecule is CC(=O)c1cc(Br)cc2nc(-c3ccc(NC(=O)COc4ccccc4C)cc3)oc12. The molecule has 7 heteroatoms. The maximum Gasteiger partial charge on any atom is 0.262 e. The average Bonchev–Trinajstić information content (AvgIpc) is 3.16. The van der Waals surface area contributed by atoms with Gasteiger partial charge in [-0.25, -0.2) is 4.98 Å². The number of para-hydroxylation sites is 1. The minimum atomic E-state index is -0.256. The van der Waals surface area contributed by atoms with Gasteiger partial charge in [0.25, 0.3) is 5.91 Å². The van der Waals surface area contributed by atoms with Crippen molar-refractivity contribution in [3.05, 3.63) is 76.3 Å². The van der Waals surface area contributed by atoms with Crippen LogP contribution in [0.15, 0.2) is 69.6 Å². The number of fused-ring (bicyclic) bond motifs is 1. The molecule has 3 aromatic carbocycles. The van der Waals surface area contributed by atoms with Crippen molar-refractivity contribution in [1.29, 1.82) is 0 Å². The zero-order valence-electron chi connectivity index (χ0n) is 16.9. The lowest BCUT2D eigenvalue weighted by Crippen LogP contribution is -2.20. The van der Waals surface area contributed by atoms with Gasteiger partial charge in [0, 0.05) is 15.7 Å². The predicted molar refractivity (Wildman–Crippen MR) is 122 cm³/mol. The number of ether oxygens (including phenoxy) is 1. The molecule has 1 amide bonds. The van der Waals surface area contributed by atoms with Gasteiger partial charge in [-0.05, 0) is 61.9 Å². The van der Waals surface area contributed by atoms with Crippen LogP contribution < -0.4 is 10.1 Å². The van der Waals surface area contributed by atoms with E-state index in [0.29, 0.717) is 34.0 Å². The molecular weight excluding hydrogens is 460 g/mol. The molecule has 31 heavy (non-hydrogen) atoms. The number of hydrogen-bond acceptors (Lipinski definition) is 5. The van der Waals surface area contributed by atoms with Crippen LogP contribution in [-0.2, 0) is 4.79 Å². The number of aromatic nitrogens is 1. The van der Waals surface area contributed by atoms with Crippen molar-refractivity contribution in [1.82, 2.24) is 4.98 Å². The van der Waals surface area contributed by atoms with Crippen LogP contribution in [-0.4, -0.2) is 23.3 Å². The summed E-state index contributed by atoms with van der Waals surface area (Å²) in [7, 11) is 0. The molecule has 6 nitrogen and oxygen atoms in total. The molecule has 0 spiro atoms. The third-order valence-electron chi connectivity index (χ3n) is 4.70. The van der Waals surface area contributed by atoms with Crippen molar-refractivity contribution >= 4 is 44.4 Å². The smallest absolute Gasteiger partial charge is 0.262 e. The molecule has 1 heterocycles. The van der Waals surface area contributed by atoms with Gasteiger partial charge in [-0.15, -0.1) is 0 Å². The summed E-state index contributed by atoms with van der Waals surface area (Å²) in [5.41, 5.74) is 3.86. The highest BCUT2D eigenvalue weighted by Crippen LogP contribution is 2.30. The normalized spacial score (nSPS) is 10.8. The number of aryl methyl sites for hydroxylation is 1.